The number of hydrogen-bond donors (Lipinski definition) is 0. The zero-order valence-electron chi connectivity index (χ0n) is 15.1. The summed E-state index contributed by atoms with van der Waals surface area (Å²) in [5.41, 5.74) is 3.04. The monoisotopic (exact) mass is 378 g/mol. The molecule has 1 unspecified atom stereocenters. The lowest BCUT2D eigenvalue weighted by Gasteiger charge is -2.18. The number of thiophene rings is 1. The Balaban J connectivity index is 1.50. The van der Waals surface area contributed by atoms with Crippen molar-refractivity contribution < 1.29 is 4.74 Å². The Morgan fingerprint density at radius 2 is 2.15 bits per heavy atom. The Labute approximate surface area is 160 Å². The van der Waals surface area contributed by atoms with Gasteiger partial charge in [0.1, 0.15) is 28.8 Å². The molecule has 4 aromatic rings. The van der Waals surface area contributed by atoms with E-state index in [0.29, 0.717) is 0 Å². The van der Waals surface area contributed by atoms with Crippen LogP contribution in [0, 0.1) is 13.8 Å². The van der Waals surface area contributed by atoms with Gasteiger partial charge in [-0.05, 0) is 31.5 Å². The molecule has 0 radical (unpaired) electrons. The first-order valence-corrected chi connectivity index (χ1v) is 9.71. The molecule has 0 spiro atoms. The number of aryl methyl sites for hydroxylation is 2. The van der Waals surface area contributed by atoms with E-state index in [1.807, 2.05) is 19.1 Å². The fraction of sp³-hybridized carbons (Fsp3) is 0.316. The SMILES string of the molecule is Cc1nnc2sc3c(N4CCC(Oc5cccnc5)C4)ncnc3c2c1C. The molecule has 1 aliphatic heterocycles. The normalized spacial score (nSPS) is 17.1. The van der Waals surface area contributed by atoms with Crippen molar-refractivity contribution in [3.05, 3.63) is 42.1 Å². The molecular weight excluding hydrogens is 360 g/mol. The number of rotatable bonds is 3. The molecule has 5 rings (SSSR count). The van der Waals surface area contributed by atoms with Crippen molar-refractivity contribution in [1.29, 1.82) is 0 Å². The van der Waals surface area contributed by atoms with Crippen LogP contribution >= 0.6 is 11.3 Å². The van der Waals surface area contributed by atoms with Crippen LogP contribution in [0.3, 0.4) is 0 Å². The van der Waals surface area contributed by atoms with Crippen LogP contribution in [0.15, 0.2) is 30.9 Å². The Hall–Kier alpha value is -2.87. The second kappa shape index (κ2) is 6.38. The highest BCUT2D eigenvalue weighted by Crippen LogP contribution is 2.38. The quantitative estimate of drug-likeness (QED) is 0.541. The maximum Gasteiger partial charge on any atom is 0.150 e. The van der Waals surface area contributed by atoms with E-state index in [4.69, 9.17) is 4.74 Å². The smallest absolute Gasteiger partial charge is 0.150 e. The number of anilines is 1. The van der Waals surface area contributed by atoms with Crippen LogP contribution in [-0.4, -0.2) is 44.3 Å². The lowest BCUT2D eigenvalue weighted by molar-refractivity contribution is 0.224. The Bertz CT molecular complexity index is 1130. The van der Waals surface area contributed by atoms with Gasteiger partial charge in [-0.2, -0.15) is 5.10 Å². The summed E-state index contributed by atoms with van der Waals surface area (Å²) in [5.74, 6) is 1.76. The van der Waals surface area contributed by atoms with E-state index in [2.05, 4.69) is 37.0 Å². The second-order valence-corrected chi connectivity index (χ2v) is 7.73. The average Bonchev–Trinajstić information content (AvgIpc) is 3.30. The Morgan fingerprint density at radius 1 is 1.22 bits per heavy atom. The van der Waals surface area contributed by atoms with Gasteiger partial charge in [-0.1, -0.05) is 0 Å². The van der Waals surface area contributed by atoms with E-state index in [-0.39, 0.29) is 6.10 Å². The summed E-state index contributed by atoms with van der Waals surface area (Å²) in [6, 6.07) is 3.83. The first-order valence-electron chi connectivity index (χ1n) is 8.89. The molecular formula is C19H18N6OS. The van der Waals surface area contributed by atoms with Crippen molar-refractivity contribution in [2.24, 2.45) is 0 Å². The van der Waals surface area contributed by atoms with Gasteiger partial charge in [0.2, 0.25) is 0 Å². The predicted octanol–water partition coefficient (Wildman–Crippen LogP) is 3.30. The largest absolute Gasteiger partial charge is 0.487 e. The van der Waals surface area contributed by atoms with E-state index >= 15 is 0 Å². The van der Waals surface area contributed by atoms with E-state index in [1.54, 1.807) is 30.1 Å². The molecule has 1 fully saturated rings. The minimum atomic E-state index is 0.123. The summed E-state index contributed by atoms with van der Waals surface area (Å²) in [4.78, 5) is 16.4. The summed E-state index contributed by atoms with van der Waals surface area (Å²) in [7, 11) is 0. The summed E-state index contributed by atoms with van der Waals surface area (Å²) in [6.07, 6.45) is 6.22. The number of aromatic nitrogens is 5. The molecule has 0 saturated carbocycles. The van der Waals surface area contributed by atoms with Crippen LogP contribution < -0.4 is 9.64 Å². The van der Waals surface area contributed by atoms with Gasteiger partial charge in [0.05, 0.1) is 28.7 Å². The van der Waals surface area contributed by atoms with Crippen molar-refractivity contribution in [3.8, 4) is 5.75 Å². The van der Waals surface area contributed by atoms with Crippen LogP contribution in [0.4, 0.5) is 5.82 Å². The Kier molecular flexibility index (Phi) is 3.86. The van der Waals surface area contributed by atoms with Gasteiger partial charge < -0.3 is 9.64 Å². The van der Waals surface area contributed by atoms with Gasteiger partial charge in [0.15, 0.2) is 0 Å². The molecule has 27 heavy (non-hydrogen) atoms. The summed E-state index contributed by atoms with van der Waals surface area (Å²) >= 11 is 1.61. The van der Waals surface area contributed by atoms with Gasteiger partial charge in [0.25, 0.3) is 0 Å². The van der Waals surface area contributed by atoms with Crippen LogP contribution in [0.1, 0.15) is 17.7 Å². The maximum atomic E-state index is 6.07. The maximum absolute atomic E-state index is 6.07. The van der Waals surface area contributed by atoms with Crippen LogP contribution in [0.2, 0.25) is 0 Å². The molecule has 5 heterocycles. The molecule has 0 aliphatic carbocycles. The van der Waals surface area contributed by atoms with E-state index in [1.165, 1.54) is 0 Å². The highest BCUT2D eigenvalue weighted by molar-refractivity contribution is 7.26. The molecule has 0 amide bonds. The number of hydrogen-bond acceptors (Lipinski definition) is 8. The standard InChI is InChI=1S/C19H18N6OS/c1-11-12(2)23-24-19-15(11)16-17(27-19)18(22-10-21-16)25-7-5-14(9-25)26-13-4-3-6-20-8-13/h3-4,6,8,10,14H,5,7,9H2,1-2H3. The van der Waals surface area contributed by atoms with Gasteiger partial charge in [-0.25, -0.2) is 9.97 Å². The van der Waals surface area contributed by atoms with Crippen molar-refractivity contribution in [1.82, 2.24) is 25.1 Å². The molecule has 0 bridgehead atoms. The van der Waals surface area contributed by atoms with E-state index in [0.717, 1.165) is 62.8 Å². The van der Waals surface area contributed by atoms with Crippen LogP contribution in [0.5, 0.6) is 5.75 Å². The summed E-state index contributed by atoms with van der Waals surface area (Å²) in [6.45, 7) is 5.75. The van der Waals surface area contributed by atoms with E-state index in [9.17, 15) is 0 Å². The van der Waals surface area contributed by atoms with Crippen molar-refractivity contribution >= 4 is 37.6 Å². The fourth-order valence-corrected chi connectivity index (χ4v) is 4.67. The fourth-order valence-electron chi connectivity index (χ4n) is 3.52. The number of fused-ring (bicyclic) bond motifs is 3. The van der Waals surface area contributed by atoms with Gasteiger partial charge in [-0.15, -0.1) is 16.4 Å². The number of pyridine rings is 1. The Morgan fingerprint density at radius 3 is 3.00 bits per heavy atom. The van der Waals surface area contributed by atoms with Crippen LogP contribution in [0.25, 0.3) is 20.4 Å². The van der Waals surface area contributed by atoms with Crippen molar-refractivity contribution in [2.75, 3.05) is 18.0 Å². The highest BCUT2D eigenvalue weighted by atomic mass is 32.1. The van der Waals surface area contributed by atoms with Crippen molar-refractivity contribution in [3.63, 3.8) is 0 Å². The minimum absolute atomic E-state index is 0.123. The first-order chi connectivity index (χ1) is 13.2. The zero-order chi connectivity index (χ0) is 18.4. The lowest BCUT2D eigenvalue weighted by Crippen LogP contribution is -2.25. The third-order valence-corrected chi connectivity index (χ3v) is 6.08. The first kappa shape index (κ1) is 16.3. The highest BCUT2D eigenvalue weighted by Gasteiger charge is 2.28. The molecule has 4 aromatic heterocycles. The molecule has 7 nitrogen and oxygen atoms in total. The molecule has 0 N–H and O–H groups in total. The predicted molar refractivity (Wildman–Crippen MR) is 105 cm³/mol. The topological polar surface area (TPSA) is 76.9 Å². The number of nitrogens with zero attached hydrogens (tertiary/aromatic N) is 6. The molecule has 136 valence electrons. The van der Waals surface area contributed by atoms with Gasteiger partial charge in [0, 0.05) is 24.5 Å². The second-order valence-electron chi connectivity index (χ2n) is 6.73. The van der Waals surface area contributed by atoms with E-state index < -0.39 is 0 Å². The zero-order valence-corrected chi connectivity index (χ0v) is 15.9. The average molecular weight is 378 g/mol. The third-order valence-electron chi connectivity index (χ3n) is 5.02. The minimum Gasteiger partial charge on any atom is -0.487 e. The molecule has 1 saturated heterocycles. The number of ether oxygens (including phenoxy) is 1. The lowest BCUT2D eigenvalue weighted by atomic mass is 10.1. The molecule has 0 aromatic carbocycles. The molecule has 1 atom stereocenters. The molecule has 1 aliphatic rings. The van der Waals surface area contributed by atoms with Gasteiger partial charge in [-0.3, -0.25) is 4.98 Å². The van der Waals surface area contributed by atoms with Gasteiger partial charge >= 0.3 is 0 Å². The molecule has 8 heteroatoms. The van der Waals surface area contributed by atoms with Crippen LogP contribution in [-0.2, 0) is 0 Å². The van der Waals surface area contributed by atoms with Crippen molar-refractivity contribution in [2.45, 2.75) is 26.4 Å². The third kappa shape index (κ3) is 2.76. The summed E-state index contributed by atoms with van der Waals surface area (Å²) < 4.78 is 7.13. The summed E-state index contributed by atoms with van der Waals surface area (Å²) in [5, 5.41) is 9.72.